The van der Waals surface area contributed by atoms with Crippen LogP contribution in [-0.4, -0.2) is 20.4 Å². The maximum atomic E-state index is 5.98. The van der Waals surface area contributed by atoms with Crippen LogP contribution in [0, 0.1) is 0 Å². The molecule has 1 aliphatic heterocycles. The second-order valence-electron chi connectivity index (χ2n) is 4.71. The SMILES string of the molecule is C=C[Si](C)(c1ccccc1)C1CCCCO1. The first kappa shape index (κ1) is 11.6. The lowest BCUT2D eigenvalue weighted by Gasteiger charge is -2.36. The lowest BCUT2D eigenvalue weighted by Crippen LogP contribution is -2.56. The predicted molar refractivity (Wildman–Crippen MR) is 71.5 cm³/mol. The standard InChI is InChI=1S/C14H20OSi/c1-3-16(2,13-9-5-4-6-10-13)14-11-7-8-12-15-14/h3-6,9-10,14H,1,7-8,11-12H2,2H3. The van der Waals surface area contributed by atoms with Crippen LogP contribution in [0.5, 0.6) is 0 Å². The van der Waals surface area contributed by atoms with Gasteiger partial charge in [-0.3, -0.25) is 0 Å². The van der Waals surface area contributed by atoms with E-state index in [1.54, 1.807) is 0 Å². The van der Waals surface area contributed by atoms with Gasteiger partial charge in [0.2, 0.25) is 0 Å². The molecule has 0 saturated carbocycles. The lowest BCUT2D eigenvalue weighted by molar-refractivity contribution is 0.0617. The number of ether oxygens (including phenoxy) is 1. The first-order valence-corrected chi connectivity index (χ1v) is 8.73. The summed E-state index contributed by atoms with van der Waals surface area (Å²) in [5, 5.41) is 1.44. The summed E-state index contributed by atoms with van der Waals surface area (Å²) in [7, 11) is -1.66. The minimum absolute atomic E-state index is 0.418. The molecule has 0 spiro atoms. The Morgan fingerprint density at radius 3 is 2.62 bits per heavy atom. The molecule has 0 amide bonds. The molecule has 1 aliphatic rings. The molecule has 2 rings (SSSR count). The Morgan fingerprint density at radius 2 is 2.06 bits per heavy atom. The molecule has 0 bridgehead atoms. The van der Waals surface area contributed by atoms with E-state index in [4.69, 9.17) is 4.74 Å². The quantitative estimate of drug-likeness (QED) is 0.728. The van der Waals surface area contributed by atoms with Crippen molar-refractivity contribution in [1.29, 1.82) is 0 Å². The Morgan fingerprint density at radius 1 is 1.31 bits per heavy atom. The van der Waals surface area contributed by atoms with Crippen LogP contribution >= 0.6 is 0 Å². The van der Waals surface area contributed by atoms with Crippen LogP contribution in [0.1, 0.15) is 19.3 Å². The summed E-state index contributed by atoms with van der Waals surface area (Å²) in [5.41, 5.74) is 2.60. The fraction of sp³-hybridized carbons (Fsp3) is 0.429. The monoisotopic (exact) mass is 232 g/mol. The Hall–Kier alpha value is -0.863. The van der Waals surface area contributed by atoms with Gasteiger partial charge >= 0.3 is 0 Å². The molecular formula is C14H20OSi. The van der Waals surface area contributed by atoms with Crippen molar-refractivity contribution >= 4 is 13.3 Å². The Labute approximate surface area is 99.2 Å². The van der Waals surface area contributed by atoms with E-state index in [2.05, 4.69) is 49.2 Å². The largest absolute Gasteiger partial charge is 0.381 e. The highest BCUT2D eigenvalue weighted by molar-refractivity contribution is 6.95. The third kappa shape index (κ3) is 2.13. The van der Waals surface area contributed by atoms with Gasteiger partial charge < -0.3 is 4.74 Å². The zero-order chi connectivity index (χ0) is 11.4. The van der Waals surface area contributed by atoms with Gasteiger partial charge in [0.25, 0.3) is 0 Å². The van der Waals surface area contributed by atoms with Crippen molar-refractivity contribution in [3.05, 3.63) is 42.6 Å². The average Bonchev–Trinajstić information content (AvgIpc) is 2.40. The second kappa shape index (κ2) is 4.98. The number of benzene rings is 1. The van der Waals surface area contributed by atoms with Gasteiger partial charge in [0.1, 0.15) is 8.07 Å². The molecule has 1 fully saturated rings. The Bertz CT molecular complexity index is 343. The van der Waals surface area contributed by atoms with Crippen LogP contribution in [0.3, 0.4) is 0 Å². The maximum Gasteiger partial charge on any atom is 0.138 e. The molecule has 0 radical (unpaired) electrons. The maximum absolute atomic E-state index is 5.98. The van der Waals surface area contributed by atoms with Crippen LogP contribution in [0.2, 0.25) is 6.55 Å². The second-order valence-corrected chi connectivity index (χ2v) is 8.90. The van der Waals surface area contributed by atoms with Crippen LogP contribution in [0.25, 0.3) is 0 Å². The van der Waals surface area contributed by atoms with E-state index in [0.29, 0.717) is 5.73 Å². The van der Waals surface area contributed by atoms with Crippen LogP contribution in [0.15, 0.2) is 42.6 Å². The van der Waals surface area contributed by atoms with E-state index in [1.165, 1.54) is 24.4 Å². The zero-order valence-corrected chi connectivity index (χ0v) is 11.0. The molecule has 2 unspecified atom stereocenters. The van der Waals surface area contributed by atoms with Gasteiger partial charge in [0.05, 0.1) is 5.73 Å². The molecule has 16 heavy (non-hydrogen) atoms. The van der Waals surface area contributed by atoms with Crippen molar-refractivity contribution in [2.75, 3.05) is 6.61 Å². The fourth-order valence-electron chi connectivity index (χ4n) is 2.45. The third-order valence-corrected chi connectivity index (χ3v) is 7.89. The molecule has 1 aromatic carbocycles. The van der Waals surface area contributed by atoms with Crippen molar-refractivity contribution in [1.82, 2.24) is 0 Å². The van der Waals surface area contributed by atoms with Gasteiger partial charge in [-0.2, -0.15) is 0 Å². The summed E-state index contributed by atoms with van der Waals surface area (Å²) in [5.74, 6) is 0. The molecule has 0 aliphatic carbocycles. The average molecular weight is 232 g/mol. The zero-order valence-electron chi connectivity index (χ0n) is 9.99. The highest BCUT2D eigenvalue weighted by atomic mass is 28.3. The summed E-state index contributed by atoms with van der Waals surface area (Å²) < 4.78 is 5.98. The van der Waals surface area contributed by atoms with Crippen LogP contribution in [0.4, 0.5) is 0 Å². The van der Waals surface area contributed by atoms with E-state index in [9.17, 15) is 0 Å². The molecular weight excluding hydrogens is 212 g/mol. The molecule has 0 aromatic heterocycles. The summed E-state index contributed by atoms with van der Waals surface area (Å²) in [6.45, 7) is 7.36. The summed E-state index contributed by atoms with van der Waals surface area (Å²) in [6.07, 6.45) is 3.71. The van der Waals surface area contributed by atoms with Gasteiger partial charge in [-0.25, -0.2) is 0 Å². The van der Waals surface area contributed by atoms with Gasteiger partial charge in [-0.05, 0) is 19.3 Å². The van der Waals surface area contributed by atoms with Crippen LogP contribution < -0.4 is 5.19 Å². The molecule has 86 valence electrons. The molecule has 2 atom stereocenters. The highest BCUT2D eigenvalue weighted by Gasteiger charge is 2.37. The molecule has 1 saturated heterocycles. The smallest absolute Gasteiger partial charge is 0.138 e. The summed E-state index contributed by atoms with van der Waals surface area (Å²) in [4.78, 5) is 0. The van der Waals surface area contributed by atoms with Crippen molar-refractivity contribution < 1.29 is 4.74 Å². The Balaban J connectivity index is 2.27. The summed E-state index contributed by atoms with van der Waals surface area (Å²) >= 11 is 0. The molecule has 0 N–H and O–H groups in total. The van der Waals surface area contributed by atoms with Crippen molar-refractivity contribution in [3.8, 4) is 0 Å². The van der Waals surface area contributed by atoms with Gasteiger partial charge in [0.15, 0.2) is 0 Å². The van der Waals surface area contributed by atoms with E-state index in [1.807, 2.05) is 0 Å². The third-order valence-electron chi connectivity index (χ3n) is 3.67. The normalized spacial score (nSPS) is 24.7. The number of hydrogen-bond donors (Lipinski definition) is 0. The number of hydrogen-bond acceptors (Lipinski definition) is 1. The number of rotatable bonds is 3. The fourth-order valence-corrected chi connectivity index (χ4v) is 5.50. The van der Waals surface area contributed by atoms with E-state index < -0.39 is 8.07 Å². The van der Waals surface area contributed by atoms with Crippen molar-refractivity contribution in [2.45, 2.75) is 31.5 Å². The summed E-state index contributed by atoms with van der Waals surface area (Å²) in [6, 6.07) is 10.8. The first-order valence-electron chi connectivity index (χ1n) is 6.08. The molecule has 1 aromatic rings. The Kier molecular flexibility index (Phi) is 3.61. The molecule has 1 heterocycles. The van der Waals surface area contributed by atoms with Gasteiger partial charge in [0, 0.05) is 6.61 Å². The minimum Gasteiger partial charge on any atom is -0.381 e. The molecule has 2 heteroatoms. The molecule has 1 nitrogen and oxygen atoms in total. The van der Waals surface area contributed by atoms with Crippen molar-refractivity contribution in [3.63, 3.8) is 0 Å². The van der Waals surface area contributed by atoms with Gasteiger partial charge in [-0.15, -0.1) is 6.58 Å². The van der Waals surface area contributed by atoms with E-state index in [0.717, 1.165) is 6.61 Å². The van der Waals surface area contributed by atoms with E-state index >= 15 is 0 Å². The predicted octanol–water partition coefficient (Wildman–Crippen LogP) is 2.81. The topological polar surface area (TPSA) is 9.23 Å². The van der Waals surface area contributed by atoms with Gasteiger partial charge in [-0.1, -0.05) is 47.8 Å². The van der Waals surface area contributed by atoms with Crippen molar-refractivity contribution in [2.24, 2.45) is 0 Å². The minimum atomic E-state index is -1.66. The first-order chi connectivity index (χ1) is 7.77. The highest BCUT2D eigenvalue weighted by Crippen LogP contribution is 2.23. The lowest BCUT2D eigenvalue weighted by atomic mass is 10.2. The van der Waals surface area contributed by atoms with Crippen LogP contribution in [-0.2, 0) is 4.74 Å². The van der Waals surface area contributed by atoms with E-state index in [-0.39, 0.29) is 0 Å².